The van der Waals surface area contributed by atoms with Crippen LogP contribution in [0.25, 0.3) is 0 Å². The quantitative estimate of drug-likeness (QED) is 0.871. The Hall–Kier alpha value is -1.36. The molecule has 24 heavy (non-hydrogen) atoms. The molecule has 0 aromatic carbocycles. The minimum absolute atomic E-state index is 0.199. The SMILES string of the molecule is O=C(CC1CC1)NCc1cnc2n1CCN(CC1CCCC1)CC2. The summed E-state index contributed by atoms with van der Waals surface area (Å²) >= 11 is 0. The molecule has 5 heteroatoms. The molecule has 3 aliphatic rings. The zero-order chi connectivity index (χ0) is 16.4. The molecule has 1 amide bonds. The van der Waals surface area contributed by atoms with Crippen LogP contribution < -0.4 is 5.32 Å². The third kappa shape index (κ3) is 4.00. The Morgan fingerprint density at radius 1 is 1.12 bits per heavy atom. The van der Waals surface area contributed by atoms with Gasteiger partial charge in [-0.15, -0.1) is 0 Å². The Morgan fingerprint density at radius 2 is 1.96 bits per heavy atom. The normalized spacial score (nSPS) is 22.3. The highest BCUT2D eigenvalue weighted by atomic mass is 16.1. The van der Waals surface area contributed by atoms with Gasteiger partial charge in [-0.2, -0.15) is 0 Å². The van der Waals surface area contributed by atoms with Gasteiger partial charge in [-0.1, -0.05) is 12.8 Å². The maximum absolute atomic E-state index is 11.9. The lowest BCUT2D eigenvalue weighted by atomic mass is 10.1. The van der Waals surface area contributed by atoms with E-state index in [1.54, 1.807) is 0 Å². The summed E-state index contributed by atoms with van der Waals surface area (Å²) in [6.45, 7) is 5.14. The van der Waals surface area contributed by atoms with Gasteiger partial charge in [0.15, 0.2) is 0 Å². The van der Waals surface area contributed by atoms with Gasteiger partial charge in [-0.05, 0) is 37.5 Å². The Balaban J connectivity index is 1.30. The zero-order valence-electron chi connectivity index (χ0n) is 14.7. The molecule has 0 radical (unpaired) electrons. The summed E-state index contributed by atoms with van der Waals surface area (Å²) in [5.74, 6) is 2.95. The number of fused-ring (bicyclic) bond motifs is 1. The maximum Gasteiger partial charge on any atom is 0.220 e. The Morgan fingerprint density at radius 3 is 2.75 bits per heavy atom. The number of nitrogens with one attached hydrogen (secondary N) is 1. The van der Waals surface area contributed by atoms with Crippen molar-refractivity contribution in [2.45, 2.75) is 64.5 Å². The third-order valence-corrected chi connectivity index (χ3v) is 5.94. The fourth-order valence-electron chi connectivity index (χ4n) is 4.26. The fraction of sp³-hybridized carbons (Fsp3) is 0.789. The molecule has 1 aromatic heterocycles. The molecule has 4 rings (SSSR count). The van der Waals surface area contributed by atoms with Crippen molar-refractivity contribution >= 4 is 5.91 Å². The average Bonchev–Trinajstić information content (AvgIpc) is 3.15. The lowest BCUT2D eigenvalue weighted by Gasteiger charge is -2.23. The molecule has 132 valence electrons. The summed E-state index contributed by atoms with van der Waals surface area (Å²) in [5.41, 5.74) is 1.16. The number of carbonyl (C=O) groups excluding carboxylic acids is 1. The van der Waals surface area contributed by atoms with Gasteiger partial charge >= 0.3 is 0 Å². The first-order valence-electron chi connectivity index (χ1n) is 9.80. The van der Waals surface area contributed by atoms with Crippen molar-refractivity contribution in [2.75, 3.05) is 19.6 Å². The second-order valence-corrected chi connectivity index (χ2v) is 7.94. The Bertz CT molecular complexity index is 572. The van der Waals surface area contributed by atoms with Crippen LogP contribution in [0.3, 0.4) is 0 Å². The highest BCUT2D eigenvalue weighted by molar-refractivity contribution is 5.76. The van der Waals surface area contributed by atoms with E-state index in [0.29, 0.717) is 18.9 Å². The van der Waals surface area contributed by atoms with Gasteiger partial charge in [0.2, 0.25) is 5.91 Å². The summed E-state index contributed by atoms with van der Waals surface area (Å²) in [4.78, 5) is 19.2. The van der Waals surface area contributed by atoms with Crippen LogP contribution in [0.15, 0.2) is 6.20 Å². The van der Waals surface area contributed by atoms with Gasteiger partial charge in [-0.25, -0.2) is 4.98 Å². The third-order valence-electron chi connectivity index (χ3n) is 5.94. The minimum Gasteiger partial charge on any atom is -0.350 e. The van der Waals surface area contributed by atoms with Crippen molar-refractivity contribution in [3.05, 3.63) is 17.7 Å². The monoisotopic (exact) mass is 330 g/mol. The number of hydrogen-bond donors (Lipinski definition) is 1. The van der Waals surface area contributed by atoms with Crippen molar-refractivity contribution < 1.29 is 4.79 Å². The molecule has 0 saturated heterocycles. The summed E-state index contributed by atoms with van der Waals surface area (Å²) in [7, 11) is 0. The van der Waals surface area contributed by atoms with Crippen LogP contribution >= 0.6 is 0 Å². The predicted octanol–water partition coefficient (Wildman–Crippen LogP) is 2.35. The van der Waals surface area contributed by atoms with Gasteiger partial charge in [0.1, 0.15) is 5.82 Å². The van der Waals surface area contributed by atoms with E-state index in [9.17, 15) is 4.79 Å². The second-order valence-electron chi connectivity index (χ2n) is 7.94. The van der Waals surface area contributed by atoms with Crippen LogP contribution in [0.4, 0.5) is 0 Å². The molecule has 0 unspecified atom stereocenters. The van der Waals surface area contributed by atoms with Crippen LogP contribution in [-0.4, -0.2) is 40.0 Å². The van der Waals surface area contributed by atoms with Crippen molar-refractivity contribution in [1.29, 1.82) is 0 Å². The van der Waals surface area contributed by atoms with E-state index in [0.717, 1.165) is 37.7 Å². The van der Waals surface area contributed by atoms with E-state index in [2.05, 4.69) is 19.8 Å². The second kappa shape index (κ2) is 7.26. The zero-order valence-corrected chi connectivity index (χ0v) is 14.7. The van der Waals surface area contributed by atoms with Crippen molar-refractivity contribution in [2.24, 2.45) is 11.8 Å². The molecule has 2 saturated carbocycles. The van der Waals surface area contributed by atoms with E-state index in [1.807, 2.05) is 6.20 Å². The summed E-state index contributed by atoms with van der Waals surface area (Å²) < 4.78 is 2.34. The molecule has 2 aliphatic carbocycles. The van der Waals surface area contributed by atoms with Crippen LogP contribution in [0, 0.1) is 11.8 Å². The highest BCUT2D eigenvalue weighted by Crippen LogP contribution is 2.32. The molecule has 0 bridgehead atoms. The molecule has 1 N–H and O–H groups in total. The first-order valence-corrected chi connectivity index (χ1v) is 9.80. The molecular weight excluding hydrogens is 300 g/mol. The number of rotatable bonds is 6. The molecule has 1 aliphatic heterocycles. The van der Waals surface area contributed by atoms with Crippen LogP contribution in [-0.2, 0) is 24.3 Å². The molecule has 5 nitrogen and oxygen atoms in total. The van der Waals surface area contributed by atoms with E-state index in [4.69, 9.17) is 0 Å². The number of nitrogens with zero attached hydrogens (tertiary/aromatic N) is 3. The average molecular weight is 330 g/mol. The number of imidazole rings is 1. The highest BCUT2D eigenvalue weighted by Gasteiger charge is 2.25. The van der Waals surface area contributed by atoms with Crippen molar-refractivity contribution in [3.8, 4) is 0 Å². The lowest BCUT2D eigenvalue weighted by Crippen LogP contribution is -2.31. The minimum atomic E-state index is 0.199. The number of aromatic nitrogens is 2. The lowest BCUT2D eigenvalue weighted by molar-refractivity contribution is -0.121. The van der Waals surface area contributed by atoms with Gasteiger partial charge in [0, 0.05) is 39.0 Å². The van der Waals surface area contributed by atoms with E-state index in [1.165, 1.54) is 50.9 Å². The maximum atomic E-state index is 11.9. The van der Waals surface area contributed by atoms with Crippen LogP contribution in [0.2, 0.25) is 0 Å². The smallest absolute Gasteiger partial charge is 0.220 e. The molecule has 2 heterocycles. The van der Waals surface area contributed by atoms with Gasteiger partial charge in [0.05, 0.1) is 18.4 Å². The topological polar surface area (TPSA) is 50.2 Å². The van der Waals surface area contributed by atoms with E-state index < -0.39 is 0 Å². The summed E-state index contributed by atoms with van der Waals surface area (Å²) in [6, 6.07) is 0. The first kappa shape index (κ1) is 16.1. The predicted molar refractivity (Wildman–Crippen MR) is 93.5 cm³/mol. The standard InChI is InChI=1S/C19H30N4O/c24-19(11-15-5-6-15)21-13-17-12-20-18-7-8-22(9-10-23(17)18)14-16-3-1-2-4-16/h12,15-16H,1-11,13-14H2,(H,21,24). The molecule has 0 atom stereocenters. The Labute approximate surface area is 144 Å². The molecule has 0 spiro atoms. The molecule has 1 aromatic rings. The number of amides is 1. The van der Waals surface area contributed by atoms with Gasteiger partial charge < -0.3 is 14.8 Å². The largest absolute Gasteiger partial charge is 0.350 e. The van der Waals surface area contributed by atoms with E-state index in [-0.39, 0.29) is 5.91 Å². The molecule has 2 fully saturated rings. The van der Waals surface area contributed by atoms with Crippen molar-refractivity contribution in [3.63, 3.8) is 0 Å². The van der Waals surface area contributed by atoms with Gasteiger partial charge in [0.25, 0.3) is 0 Å². The summed E-state index contributed by atoms with van der Waals surface area (Å²) in [6.07, 6.45) is 11.8. The summed E-state index contributed by atoms with van der Waals surface area (Å²) in [5, 5.41) is 3.08. The Kier molecular flexibility index (Phi) is 4.88. The number of carbonyl (C=O) groups is 1. The van der Waals surface area contributed by atoms with Gasteiger partial charge in [-0.3, -0.25) is 4.79 Å². The van der Waals surface area contributed by atoms with Crippen LogP contribution in [0.5, 0.6) is 0 Å². The number of hydrogen-bond acceptors (Lipinski definition) is 3. The van der Waals surface area contributed by atoms with Crippen LogP contribution in [0.1, 0.15) is 56.5 Å². The fourth-order valence-corrected chi connectivity index (χ4v) is 4.26. The van der Waals surface area contributed by atoms with E-state index >= 15 is 0 Å². The van der Waals surface area contributed by atoms with Crippen molar-refractivity contribution in [1.82, 2.24) is 19.8 Å². The molecular formula is C19H30N4O. The first-order chi connectivity index (χ1) is 11.8.